The van der Waals surface area contributed by atoms with Crippen LogP contribution in [0.3, 0.4) is 0 Å². The zero-order valence-corrected chi connectivity index (χ0v) is 10.4. The SMILES string of the molecule is COCCONC(=O)c1cccc(NC(C)=O)c1. The number of nitrogens with one attached hydrogen (secondary N) is 2. The van der Waals surface area contributed by atoms with Crippen LogP contribution in [-0.4, -0.2) is 32.1 Å². The molecule has 2 N–H and O–H groups in total. The summed E-state index contributed by atoms with van der Waals surface area (Å²) in [6.07, 6.45) is 0. The van der Waals surface area contributed by atoms with Gasteiger partial charge in [-0.25, -0.2) is 5.48 Å². The Labute approximate surface area is 105 Å². The molecule has 0 unspecified atom stereocenters. The van der Waals surface area contributed by atoms with Crippen molar-refractivity contribution in [2.24, 2.45) is 0 Å². The molecule has 0 aromatic heterocycles. The fraction of sp³-hybridized carbons (Fsp3) is 0.333. The quantitative estimate of drug-likeness (QED) is 0.584. The van der Waals surface area contributed by atoms with E-state index in [0.717, 1.165) is 0 Å². The molecule has 18 heavy (non-hydrogen) atoms. The third-order valence-corrected chi connectivity index (χ3v) is 2.00. The van der Waals surface area contributed by atoms with Gasteiger partial charge in [-0.15, -0.1) is 0 Å². The maximum Gasteiger partial charge on any atom is 0.274 e. The topological polar surface area (TPSA) is 76.7 Å². The number of hydrogen-bond donors (Lipinski definition) is 2. The smallest absolute Gasteiger partial charge is 0.274 e. The van der Waals surface area contributed by atoms with Gasteiger partial charge in [0, 0.05) is 25.3 Å². The summed E-state index contributed by atoms with van der Waals surface area (Å²) in [6.45, 7) is 2.07. The van der Waals surface area contributed by atoms with Gasteiger partial charge in [0.15, 0.2) is 0 Å². The van der Waals surface area contributed by atoms with Gasteiger partial charge in [-0.05, 0) is 18.2 Å². The van der Waals surface area contributed by atoms with Crippen LogP contribution < -0.4 is 10.8 Å². The van der Waals surface area contributed by atoms with Gasteiger partial charge in [0.1, 0.15) is 0 Å². The van der Waals surface area contributed by atoms with Crippen LogP contribution in [0, 0.1) is 0 Å². The lowest BCUT2D eigenvalue weighted by molar-refractivity contribution is -0.114. The van der Waals surface area contributed by atoms with E-state index in [-0.39, 0.29) is 18.4 Å². The lowest BCUT2D eigenvalue weighted by Crippen LogP contribution is -2.25. The van der Waals surface area contributed by atoms with E-state index < -0.39 is 0 Å². The number of methoxy groups -OCH3 is 1. The van der Waals surface area contributed by atoms with Crippen LogP contribution in [0.15, 0.2) is 24.3 Å². The van der Waals surface area contributed by atoms with Crippen molar-refractivity contribution < 1.29 is 19.2 Å². The second-order valence-corrected chi connectivity index (χ2v) is 3.53. The molecule has 0 spiro atoms. The summed E-state index contributed by atoms with van der Waals surface area (Å²) in [4.78, 5) is 27.4. The van der Waals surface area contributed by atoms with Crippen LogP contribution in [-0.2, 0) is 14.4 Å². The van der Waals surface area contributed by atoms with Gasteiger partial charge < -0.3 is 10.1 Å². The highest BCUT2D eigenvalue weighted by molar-refractivity contribution is 5.96. The molecule has 6 heteroatoms. The molecule has 0 aliphatic carbocycles. The minimum Gasteiger partial charge on any atom is -0.382 e. The van der Waals surface area contributed by atoms with Crippen LogP contribution in [0.5, 0.6) is 0 Å². The standard InChI is InChI=1S/C12H16N2O4/c1-9(15)13-11-5-3-4-10(8-11)12(16)14-18-7-6-17-2/h3-5,8H,6-7H2,1-2H3,(H,13,15)(H,14,16). The molecule has 2 amide bonds. The summed E-state index contributed by atoms with van der Waals surface area (Å²) < 4.78 is 4.77. The fourth-order valence-corrected chi connectivity index (χ4v) is 1.24. The maximum absolute atomic E-state index is 11.7. The number of hydroxylamine groups is 1. The fourth-order valence-electron chi connectivity index (χ4n) is 1.24. The molecule has 0 bridgehead atoms. The van der Waals surface area contributed by atoms with E-state index in [4.69, 9.17) is 9.57 Å². The first kappa shape index (κ1) is 14.1. The monoisotopic (exact) mass is 252 g/mol. The first-order valence-corrected chi connectivity index (χ1v) is 5.42. The van der Waals surface area contributed by atoms with E-state index in [1.54, 1.807) is 31.4 Å². The zero-order valence-electron chi connectivity index (χ0n) is 10.4. The Morgan fingerprint density at radius 3 is 2.72 bits per heavy atom. The molecule has 0 saturated heterocycles. The number of anilines is 1. The van der Waals surface area contributed by atoms with Gasteiger partial charge in [0.05, 0.1) is 13.2 Å². The first-order valence-electron chi connectivity index (χ1n) is 5.42. The molecular weight excluding hydrogens is 236 g/mol. The van der Waals surface area contributed by atoms with Gasteiger partial charge in [-0.2, -0.15) is 0 Å². The van der Waals surface area contributed by atoms with Crippen LogP contribution in [0.1, 0.15) is 17.3 Å². The molecular formula is C12H16N2O4. The van der Waals surface area contributed by atoms with Gasteiger partial charge >= 0.3 is 0 Å². The summed E-state index contributed by atoms with van der Waals surface area (Å²) in [5, 5.41) is 2.60. The second kappa shape index (κ2) is 7.41. The normalized spacial score (nSPS) is 9.89. The highest BCUT2D eigenvalue weighted by Gasteiger charge is 2.06. The molecule has 0 fully saturated rings. The number of amides is 2. The zero-order chi connectivity index (χ0) is 13.4. The lowest BCUT2D eigenvalue weighted by Gasteiger charge is -2.07. The van der Waals surface area contributed by atoms with E-state index in [0.29, 0.717) is 17.9 Å². The first-order chi connectivity index (χ1) is 8.63. The Morgan fingerprint density at radius 1 is 1.28 bits per heavy atom. The van der Waals surface area contributed by atoms with Gasteiger partial charge in [0.25, 0.3) is 5.91 Å². The number of carbonyl (C=O) groups is 2. The molecule has 0 radical (unpaired) electrons. The highest BCUT2D eigenvalue weighted by Crippen LogP contribution is 2.10. The van der Waals surface area contributed by atoms with Crippen molar-refractivity contribution >= 4 is 17.5 Å². The van der Waals surface area contributed by atoms with E-state index >= 15 is 0 Å². The molecule has 1 aromatic rings. The van der Waals surface area contributed by atoms with Crippen molar-refractivity contribution in [1.82, 2.24) is 5.48 Å². The van der Waals surface area contributed by atoms with E-state index in [1.807, 2.05) is 0 Å². The Kier molecular flexibility index (Phi) is 5.83. The average molecular weight is 252 g/mol. The van der Waals surface area contributed by atoms with Crippen molar-refractivity contribution in [3.05, 3.63) is 29.8 Å². The predicted octanol–water partition coefficient (Wildman–Crippen LogP) is 0.953. The summed E-state index contributed by atoms with van der Waals surface area (Å²) in [6, 6.07) is 6.57. The van der Waals surface area contributed by atoms with Crippen LogP contribution in [0.4, 0.5) is 5.69 Å². The summed E-state index contributed by atoms with van der Waals surface area (Å²) in [5.41, 5.74) is 3.25. The summed E-state index contributed by atoms with van der Waals surface area (Å²) in [5.74, 6) is -0.567. The summed E-state index contributed by atoms with van der Waals surface area (Å²) in [7, 11) is 1.54. The molecule has 1 rings (SSSR count). The van der Waals surface area contributed by atoms with E-state index in [1.165, 1.54) is 6.92 Å². The van der Waals surface area contributed by atoms with Crippen molar-refractivity contribution in [2.45, 2.75) is 6.92 Å². The Bertz CT molecular complexity index is 420. The average Bonchev–Trinajstić information content (AvgIpc) is 2.34. The number of rotatable bonds is 6. The number of ether oxygens (including phenoxy) is 1. The minimum atomic E-state index is -0.377. The molecule has 1 aromatic carbocycles. The summed E-state index contributed by atoms with van der Waals surface area (Å²) >= 11 is 0. The van der Waals surface area contributed by atoms with Gasteiger partial charge in [-0.1, -0.05) is 6.07 Å². The van der Waals surface area contributed by atoms with Crippen molar-refractivity contribution in [2.75, 3.05) is 25.6 Å². The second-order valence-electron chi connectivity index (χ2n) is 3.53. The predicted molar refractivity (Wildman–Crippen MR) is 66.0 cm³/mol. The third-order valence-electron chi connectivity index (χ3n) is 2.00. The Hall–Kier alpha value is -1.92. The van der Waals surface area contributed by atoms with Crippen molar-refractivity contribution in [1.29, 1.82) is 0 Å². The largest absolute Gasteiger partial charge is 0.382 e. The Morgan fingerprint density at radius 2 is 2.06 bits per heavy atom. The molecule has 0 aliphatic rings. The molecule has 98 valence electrons. The number of hydrogen-bond acceptors (Lipinski definition) is 4. The van der Waals surface area contributed by atoms with Crippen LogP contribution >= 0.6 is 0 Å². The van der Waals surface area contributed by atoms with Crippen molar-refractivity contribution in [3.63, 3.8) is 0 Å². The number of carbonyl (C=O) groups excluding carboxylic acids is 2. The molecule has 6 nitrogen and oxygen atoms in total. The van der Waals surface area contributed by atoms with E-state index in [2.05, 4.69) is 10.8 Å². The molecule has 0 atom stereocenters. The maximum atomic E-state index is 11.7. The van der Waals surface area contributed by atoms with Crippen molar-refractivity contribution in [3.8, 4) is 0 Å². The molecule has 0 aliphatic heterocycles. The minimum absolute atomic E-state index is 0.191. The third kappa shape index (κ3) is 4.94. The Balaban J connectivity index is 2.54. The van der Waals surface area contributed by atoms with Gasteiger partial charge in [0.2, 0.25) is 5.91 Å². The lowest BCUT2D eigenvalue weighted by atomic mass is 10.2. The van der Waals surface area contributed by atoms with E-state index in [9.17, 15) is 9.59 Å². The molecule has 0 saturated carbocycles. The van der Waals surface area contributed by atoms with Gasteiger partial charge in [-0.3, -0.25) is 14.4 Å². The molecule has 0 heterocycles. The van der Waals surface area contributed by atoms with Crippen LogP contribution in [0.2, 0.25) is 0 Å². The highest BCUT2D eigenvalue weighted by atomic mass is 16.7. The van der Waals surface area contributed by atoms with Crippen LogP contribution in [0.25, 0.3) is 0 Å². The number of benzene rings is 1.